The van der Waals surface area contributed by atoms with Gasteiger partial charge < -0.3 is 5.32 Å². The van der Waals surface area contributed by atoms with E-state index in [2.05, 4.69) is 10.2 Å². The zero-order chi connectivity index (χ0) is 13.2. The first-order valence-corrected chi connectivity index (χ1v) is 6.65. The molecule has 0 radical (unpaired) electrons. The number of imide groups is 1. The summed E-state index contributed by atoms with van der Waals surface area (Å²) in [6, 6.07) is 7.04. The standard InChI is InChI=1S/C14H17N3O2.2ClH/c18-13-11-3-1-2-4-12(11)14(19)17(13)10-9-16-7-5-15-6-8-16;;/h1-4,15H,5-10H2;2*1H. The molecule has 3 rings (SSSR count). The Balaban J connectivity index is 0.00000110. The molecular formula is C14H19Cl2N3O2. The van der Waals surface area contributed by atoms with Gasteiger partial charge in [0.25, 0.3) is 11.8 Å². The van der Waals surface area contributed by atoms with Gasteiger partial charge in [-0.05, 0) is 12.1 Å². The number of fused-ring (bicyclic) bond motifs is 1. The Kier molecular flexibility index (Phi) is 6.61. The summed E-state index contributed by atoms with van der Waals surface area (Å²) >= 11 is 0. The third-order valence-corrected chi connectivity index (χ3v) is 3.73. The van der Waals surface area contributed by atoms with E-state index in [9.17, 15) is 9.59 Å². The largest absolute Gasteiger partial charge is 0.314 e. The Bertz CT molecular complexity index is 484. The van der Waals surface area contributed by atoms with Crippen LogP contribution in [0.15, 0.2) is 24.3 Å². The topological polar surface area (TPSA) is 52.7 Å². The molecule has 2 aliphatic heterocycles. The molecule has 0 aromatic heterocycles. The minimum absolute atomic E-state index is 0. The van der Waals surface area contributed by atoms with Crippen molar-refractivity contribution in [2.24, 2.45) is 0 Å². The maximum absolute atomic E-state index is 12.2. The molecule has 1 aromatic carbocycles. The van der Waals surface area contributed by atoms with Gasteiger partial charge in [-0.1, -0.05) is 12.1 Å². The van der Waals surface area contributed by atoms with Gasteiger partial charge >= 0.3 is 0 Å². The van der Waals surface area contributed by atoms with E-state index in [1.165, 1.54) is 4.90 Å². The molecule has 2 aliphatic rings. The number of halogens is 2. The molecule has 0 bridgehead atoms. The van der Waals surface area contributed by atoms with E-state index in [1.807, 2.05) is 0 Å². The van der Waals surface area contributed by atoms with Gasteiger partial charge in [0, 0.05) is 39.3 Å². The second kappa shape index (κ2) is 7.75. The summed E-state index contributed by atoms with van der Waals surface area (Å²) in [4.78, 5) is 28.0. The highest BCUT2D eigenvalue weighted by molar-refractivity contribution is 6.21. The Morgan fingerprint density at radius 2 is 1.43 bits per heavy atom. The molecule has 0 atom stereocenters. The predicted octanol–water partition coefficient (Wildman–Crippen LogP) is 1.03. The predicted molar refractivity (Wildman–Crippen MR) is 85.6 cm³/mol. The molecule has 21 heavy (non-hydrogen) atoms. The number of hydrogen-bond donors (Lipinski definition) is 1. The zero-order valence-electron chi connectivity index (χ0n) is 11.6. The van der Waals surface area contributed by atoms with Gasteiger partial charge in [-0.25, -0.2) is 0 Å². The van der Waals surface area contributed by atoms with Crippen LogP contribution in [0.3, 0.4) is 0 Å². The number of nitrogens with zero attached hydrogens (tertiary/aromatic N) is 2. The summed E-state index contributed by atoms with van der Waals surface area (Å²) in [5, 5.41) is 3.29. The molecular weight excluding hydrogens is 313 g/mol. The second-order valence-electron chi connectivity index (χ2n) is 4.90. The summed E-state index contributed by atoms with van der Waals surface area (Å²) < 4.78 is 0. The molecule has 0 saturated carbocycles. The van der Waals surface area contributed by atoms with Crippen molar-refractivity contribution in [3.8, 4) is 0 Å². The lowest BCUT2D eigenvalue weighted by Crippen LogP contribution is -2.47. The fraction of sp³-hybridized carbons (Fsp3) is 0.429. The average Bonchev–Trinajstić information content (AvgIpc) is 2.71. The van der Waals surface area contributed by atoms with Gasteiger partial charge in [-0.15, -0.1) is 24.8 Å². The molecule has 1 aromatic rings. The summed E-state index contributed by atoms with van der Waals surface area (Å²) in [5.41, 5.74) is 1.07. The van der Waals surface area contributed by atoms with Crippen molar-refractivity contribution in [3.05, 3.63) is 35.4 Å². The monoisotopic (exact) mass is 331 g/mol. The first-order chi connectivity index (χ1) is 9.27. The molecule has 1 saturated heterocycles. The minimum atomic E-state index is -0.157. The van der Waals surface area contributed by atoms with Gasteiger partial charge in [0.05, 0.1) is 11.1 Å². The Hall–Kier alpha value is -1.14. The maximum Gasteiger partial charge on any atom is 0.261 e. The van der Waals surface area contributed by atoms with Crippen molar-refractivity contribution in [1.29, 1.82) is 0 Å². The van der Waals surface area contributed by atoms with Crippen LogP contribution in [0.1, 0.15) is 20.7 Å². The van der Waals surface area contributed by atoms with Gasteiger partial charge in [0.1, 0.15) is 0 Å². The van der Waals surface area contributed by atoms with E-state index in [-0.39, 0.29) is 36.6 Å². The highest BCUT2D eigenvalue weighted by Crippen LogP contribution is 2.21. The van der Waals surface area contributed by atoms with Crippen LogP contribution in [0.5, 0.6) is 0 Å². The number of carbonyl (C=O) groups is 2. The lowest BCUT2D eigenvalue weighted by Gasteiger charge is -2.28. The van der Waals surface area contributed by atoms with E-state index < -0.39 is 0 Å². The number of nitrogens with one attached hydrogen (secondary N) is 1. The van der Waals surface area contributed by atoms with Crippen LogP contribution in [0.25, 0.3) is 0 Å². The van der Waals surface area contributed by atoms with E-state index >= 15 is 0 Å². The van der Waals surface area contributed by atoms with Crippen molar-refractivity contribution < 1.29 is 9.59 Å². The molecule has 1 N–H and O–H groups in total. The third kappa shape index (κ3) is 3.55. The summed E-state index contributed by atoms with van der Waals surface area (Å²) in [6.07, 6.45) is 0. The third-order valence-electron chi connectivity index (χ3n) is 3.73. The number of benzene rings is 1. The number of hydrogen-bond acceptors (Lipinski definition) is 4. The van der Waals surface area contributed by atoms with Gasteiger partial charge in [0.2, 0.25) is 0 Å². The molecule has 0 aliphatic carbocycles. The van der Waals surface area contributed by atoms with Crippen molar-refractivity contribution in [2.75, 3.05) is 39.3 Å². The number of piperazine rings is 1. The van der Waals surface area contributed by atoms with Crippen LogP contribution in [-0.4, -0.2) is 60.9 Å². The van der Waals surface area contributed by atoms with Crippen LogP contribution in [0.2, 0.25) is 0 Å². The second-order valence-corrected chi connectivity index (χ2v) is 4.90. The Morgan fingerprint density at radius 3 is 1.95 bits per heavy atom. The molecule has 1 fully saturated rings. The molecule has 7 heteroatoms. The van der Waals surface area contributed by atoms with E-state index in [4.69, 9.17) is 0 Å². The maximum atomic E-state index is 12.2. The molecule has 2 heterocycles. The van der Waals surface area contributed by atoms with Crippen molar-refractivity contribution in [1.82, 2.24) is 15.1 Å². The van der Waals surface area contributed by atoms with Crippen LogP contribution in [0.4, 0.5) is 0 Å². The fourth-order valence-corrected chi connectivity index (χ4v) is 2.62. The Labute approximate surface area is 136 Å². The van der Waals surface area contributed by atoms with Crippen molar-refractivity contribution in [2.45, 2.75) is 0 Å². The summed E-state index contributed by atoms with van der Waals surface area (Å²) in [6.45, 7) is 5.13. The van der Waals surface area contributed by atoms with Crippen molar-refractivity contribution >= 4 is 36.6 Å². The van der Waals surface area contributed by atoms with Crippen LogP contribution in [-0.2, 0) is 0 Å². The molecule has 0 unspecified atom stereocenters. The lowest BCUT2D eigenvalue weighted by atomic mass is 10.1. The molecule has 0 spiro atoms. The normalized spacial score (nSPS) is 18.0. The van der Waals surface area contributed by atoms with Crippen LogP contribution >= 0.6 is 24.8 Å². The van der Waals surface area contributed by atoms with E-state index in [1.54, 1.807) is 24.3 Å². The van der Waals surface area contributed by atoms with Gasteiger partial charge in [-0.2, -0.15) is 0 Å². The smallest absolute Gasteiger partial charge is 0.261 e. The molecule has 116 valence electrons. The van der Waals surface area contributed by atoms with Crippen LogP contribution < -0.4 is 5.32 Å². The Morgan fingerprint density at radius 1 is 0.905 bits per heavy atom. The zero-order valence-corrected chi connectivity index (χ0v) is 13.2. The average molecular weight is 332 g/mol. The lowest BCUT2D eigenvalue weighted by molar-refractivity contribution is 0.0633. The quantitative estimate of drug-likeness (QED) is 0.840. The first kappa shape index (κ1) is 17.9. The number of amides is 2. The first-order valence-electron chi connectivity index (χ1n) is 6.65. The SMILES string of the molecule is Cl.Cl.O=C1c2ccccc2C(=O)N1CCN1CCNCC1. The van der Waals surface area contributed by atoms with E-state index in [0.29, 0.717) is 17.7 Å². The van der Waals surface area contributed by atoms with Gasteiger partial charge in [-0.3, -0.25) is 19.4 Å². The summed E-state index contributed by atoms with van der Waals surface area (Å²) in [7, 11) is 0. The molecule has 5 nitrogen and oxygen atoms in total. The number of carbonyl (C=O) groups excluding carboxylic acids is 2. The molecule has 2 amide bonds. The van der Waals surface area contributed by atoms with Crippen molar-refractivity contribution in [3.63, 3.8) is 0 Å². The van der Waals surface area contributed by atoms with Gasteiger partial charge in [0.15, 0.2) is 0 Å². The fourth-order valence-electron chi connectivity index (χ4n) is 2.62. The highest BCUT2D eigenvalue weighted by Gasteiger charge is 2.34. The number of rotatable bonds is 3. The van der Waals surface area contributed by atoms with E-state index in [0.717, 1.165) is 32.7 Å². The van der Waals surface area contributed by atoms with Crippen LogP contribution in [0, 0.1) is 0 Å². The summed E-state index contributed by atoms with van der Waals surface area (Å²) in [5.74, 6) is -0.313. The minimum Gasteiger partial charge on any atom is -0.314 e. The highest BCUT2D eigenvalue weighted by atomic mass is 35.5.